The van der Waals surface area contributed by atoms with Crippen molar-refractivity contribution in [3.63, 3.8) is 0 Å². The Balaban J connectivity index is 1.34. The Bertz CT molecular complexity index is 957. The normalized spacial score (nSPS) is 24.3. The first-order valence-corrected chi connectivity index (χ1v) is 11.4. The lowest BCUT2D eigenvalue weighted by atomic mass is 10.0. The number of hydrogen-bond acceptors (Lipinski definition) is 6. The van der Waals surface area contributed by atoms with Crippen molar-refractivity contribution >= 4 is 27.4 Å². The first-order chi connectivity index (χ1) is 14.2. The smallest absolute Gasteiger partial charge is 0.140 e. The van der Waals surface area contributed by atoms with E-state index in [1.807, 2.05) is 0 Å². The van der Waals surface area contributed by atoms with Crippen molar-refractivity contribution in [1.29, 1.82) is 0 Å². The fraction of sp³-hybridized carbons (Fsp3) is 0.478. The third kappa shape index (κ3) is 3.89. The van der Waals surface area contributed by atoms with Gasteiger partial charge in [-0.3, -0.25) is 4.90 Å². The predicted octanol–water partition coefficient (Wildman–Crippen LogP) is 4.44. The number of nitrogens with zero attached hydrogens (tertiary/aromatic N) is 4. The van der Waals surface area contributed by atoms with E-state index in [1.54, 1.807) is 17.7 Å². The van der Waals surface area contributed by atoms with E-state index in [4.69, 9.17) is 4.74 Å². The van der Waals surface area contributed by atoms with Crippen LogP contribution in [0.25, 0.3) is 20.7 Å². The van der Waals surface area contributed by atoms with Crippen LogP contribution in [0.1, 0.15) is 26.7 Å². The molecule has 2 atom stereocenters. The molecule has 0 amide bonds. The number of aromatic nitrogens is 2. The monoisotopic (exact) mass is 408 g/mol. The Hall–Kier alpha value is -2.02. The van der Waals surface area contributed by atoms with Gasteiger partial charge in [-0.05, 0) is 38.3 Å². The van der Waals surface area contributed by atoms with Crippen LogP contribution in [0.15, 0.2) is 42.7 Å². The highest BCUT2D eigenvalue weighted by Gasteiger charge is 2.31. The average Bonchev–Trinajstić information content (AvgIpc) is 3.18. The van der Waals surface area contributed by atoms with Crippen LogP contribution in [0.5, 0.6) is 0 Å². The molecule has 0 radical (unpaired) electrons. The largest absolute Gasteiger partial charge is 0.373 e. The molecule has 29 heavy (non-hydrogen) atoms. The fourth-order valence-corrected chi connectivity index (χ4v) is 5.80. The second-order valence-electron chi connectivity index (χ2n) is 8.32. The molecule has 0 spiro atoms. The summed E-state index contributed by atoms with van der Waals surface area (Å²) in [5.74, 6) is 1.09. The van der Waals surface area contributed by atoms with Crippen molar-refractivity contribution in [3.8, 4) is 10.4 Å². The number of anilines is 1. The number of fused-ring (bicyclic) bond motifs is 1. The van der Waals surface area contributed by atoms with Crippen molar-refractivity contribution < 1.29 is 4.74 Å². The molecular weight excluding hydrogens is 380 g/mol. The number of thiophene rings is 1. The molecule has 0 saturated carbocycles. The van der Waals surface area contributed by atoms with Gasteiger partial charge in [0.25, 0.3) is 0 Å². The van der Waals surface area contributed by atoms with E-state index in [9.17, 15) is 0 Å². The highest BCUT2D eigenvalue weighted by Crippen LogP contribution is 2.37. The van der Waals surface area contributed by atoms with Crippen molar-refractivity contribution in [2.45, 2.75) is 44.9 Å². The van der Waals surface area contributed by atoms with Gasteiger partial charge < -0.3 is 9.64 Å². The number of morpholine rings is 1. The predicted molar refractivity (Wildman–Crippen MR) is 120 cm³/mol. The summed E-state index contributed by atoms with van der Waals surface area (Å²) in [5.41, 5.74) is 1.25. The summed E-state index contributed by atoms with van der Waals surface area (Å²) in [4.78, 5) is 16.7. The minimum Gasteiger partial charge on any atom is -0.373 e. The molecule has 4 heterocycles. The van der Waals surface area contributed by atoms with Gasteiger partial charge in [0.1, 0.15) is 17.0 Å². The van der Waals surface area contributed by atoms with Crippen LogP contribution in [0, 0.1) is 0 Å². The van der Waals surface area contributed by atoms with Gasteiger partial charge in [0, 0.05) is 37.1 Å². The topological polar surface area (TPSA) is 41.5 Å². The number of rotatable bonds is 3. The minimum absolute atomic E-state index is 0.334. The molecule has 1 aromatic carbocycles. The standard InChI is InChI=1S/C23H28N4OS/c1-16-13-27(14-17(2)28-16)19-8-10-26(11-9-19)22-20-12-21(18-6-4-3-5-7-18)29-23(20)25-15-24-22/h3-7,12,15-17,19H,8-11,13-14H2,1-2H3/t16-,17-/m0/s1. The van der Waals surface area contributed by atoms with Gasteiger partial charge in [-0.15, -0.1) is 11.3 Å². The zero-order chi connectivity index (χ0) is 19.8. The molecule has 2 fully saturated rings. The van der Waals surface area contributed by atoms with Gasteiger partial charge in [0.05, 0.1) is 17.6 Å². The molecule has 2 aromatic heterocycles. The Morgan fingerprint density at radius 3 is 2.45 bits per heavy atom. The first-order valence-electron chi connectivity index (χ1n) is 10.6. The number of hydrogen-bond donors (Lipinski definition) is 0. The van der Waals surface area contributed by atoms with E-state index < -0.39 is 0 Å². The minimum atomic E-state index is 0.334. The molecule has 3 aromatic rings. The molecule has 2 aliphatic rings. The summed E-state index contributed by atoms with van der Waals surface area (Å²) in [6.07, 6.45) is 4.75. The second-order valence-corrected chi connectivity index (χ2v) is 9.35. The maximum Gasteiger partial charge on any atom is 0.140 e. The van der Waals surface area contributed by atoms with Crippen LogP contribution in [0.4, 0.5) is 5.82 Å². The molecule has 5 rings (SSSR count). The van der Waals surface area contributed by atoms with Crippen molar-refractivity contribution in [1.82, 2.24) is 14.9 Å². The van der Waals surface area contributed by atoms with Crippen LogP contribution in [-0.4, -0.2) is 59.3 Å². The summed E-state index contributed by atoms with van der Waals surface area (Å²) < 4.78 is 5.92. The van der Waals surface area contributed by atoms with E-state index >= 15 is 0 Å². The molecule has 2 saturated heterocycles. The summed E-state index contributed by atoms with van der Waals surface area (Å²) in [6.45, 7) is 8.59. The molecule has 0 unspecified atom stereocenters. The van der Waals surface area contributed by atoms with Gasteiger partial charge in [-0.25, -0.2) is 9.97 Å². The zero-order valence-corrected chi connectivity index (χ0v) is 17.9. The summed E-state index contributed by atoms with van der Waals surface area (Å²) in [5, 5.41) is 1.18. The van der Waals surface area contributed by atoms with E-state index in [1.165, 1.54) is 28.7 Å². The third-order valence-electron chi connectivity index (χ3n) is 6.09. The highest BCUT2D eigenvalue weighted by molar-refractivity contribution is 7.21. The van der Waals surface area contributed by atoms with Gasteiger partial charge in [-0.2, -0.15) is 0 Å². The maximum atomic E-state index is 5.92. The van der Waals surface area contributed by atoms with Gasteiger partial charge >= 0.3 is 0 Å². The molecule has 152 valence electrons. The molecule has 2 aliphatic heterocycles. The van der Waals surface area contributed by atoms with Gasteiger partial charge in [0.15, 0.2) is 0 Å². The average molecular weight is 409 g/mol. The van der Waals surface area contributed by atoms with E-state index in [0.717, 1.165) is 36.8 Å². The Morgan fingerprint density at radius 2 is 1.72 bits per heavy atom. The SMILES string of the molecule is C[C@H]1CN(C2CCN(c3ncnc4sc(-c5ccccc5)cc34)CC2)C[C@H](C)O1. The first kappa shape index (κ1) is 19.0. The lowest BCUT2D eigenvalue weighted by molar-refractivity contribution is -0.0826. The summed E-state index contributed by atoms with van der Waals surface area (Å²) in [6, 6.07) is 13.5. The summed E-state index contributed by atoms with van der Waals surface area (Å²) >= 11 is 1.75. The van der Waals surface area contributed by atoms with E-state index in [-0.39, 0.29) is 0 Å². The van der Waals surface area contributed by atoms with E-state index in [2.05, 4.69) is 70.0 Å². The van der Waals surface area contributed by atoms with Crippen LogP contribution in [0.2, 0.25) is 0 Å². The molecular formula is C23H28N4OS. The van der Waals surface area contributed by atoms with Crippen LogP contribution in [0.3, 0.4) is 0 Å². The Kier molecular flexibility index (Phi) is 5.24. The second kappa shape index (κ2) is 8.01. The highest BCUT2D eigenvalue weighted by atomic mass is 32.1. The molecule has 5 nitrogen and oxygen atoms in total. The van der Waals surface area contributed by atoms with Crippen LogP contribution in [-0.2, 0) is 4.74 Å². The fourth-order valence-electron chi connectivity index (χ4n) is 4.80. The Morgan fingerprint density at radius 1 is 1.00 bits per heavy atom. The molecule has 0 aliphatic carbocycles. The number of benzene rings is 1. The van der Waals surface area contributed by atoms with Crippen molar-refractivity contribution in [2.75, 3.05) is 31.1 Å². The van der Waals surface area contributed by atoms with Crippen LogP contribution < -0.4 is 4.90 Å². The molecule has 0 N–H and O–H groups in total. The molecule has 0 bridgehead atoms. The molecule has 6 heteroatoms. The lowest BCUT2D eigenvalue weighted by Crippen LogP contribution is -2.53. The zero-order valence-electron chi connectivity index (χ0n) is 17.1. The third-order valence-corrected chi connectivity index (χ3v) is 7.19. The number of piperidine rings is 1. The Labute approximate surface area is 176 Å². The lowest BCUT2D eigenvalue weighted by Gasteiger charge is -2.43. The van der Waals surface area contributed by atoms with Crippen LogP contribution >= 0.6 is 11.3 Å². The van der Waals surface area contributed by atoms with E-state index in [0.29, 0.717) is 18.2 Å². The van der Waals surface area contributed by atoms with Crippen molar-refractivity contribution in [3.05, 3.63) is 42.7 Å². The maximum absolute atomic E-state index is 5.92. The van der Waals surface area contributed by atoms with Gasteiger partial charge in [-0.1, -0.05) is 30.3 Å². The quantitative estimate of drug-likeness (QED) is 0.641. The van der Waals surface area contributed by atoms with Crippen molar-refractivity contribution in [2.24, 2.45) is 0 Å². The summed E-state index contributed by atoms with van der Waals surface area (Å²) in [7, 11) is 0. The van der Waals surface area contributed by atoms with Gasteiger partial charge in [0.2, 0.25) is 0 Å². The number of ether oxygens (including phenoxy) is 1.